The monoisotopic (exact) mass is 292 g/mol. The number of thioether (sulfide) groups is 1. The number of carbonyl (C=O) groups excluding carboxylic acids is 1. The van der Waals surface area contributed by atoms with Crippen LogP contribution in [0.25, 0.3) is 11.6 Å². The van der Waals surface area contributed by atoms with Gasteiger partial charge in [0, 0.05) is 0 Å². The summed E-state index contributed by atoms with van der Waals surface area (Å²) in [4.78, 5) is 30.8. The molecule has 20 heavy (non-hydrogen) atoms. The van der Waals surface area contributed by atoms with Crippen molar-refractivity contribution in [1.82, 2.24) is 9.97 Å². The van der Waals surface area contributed by atoms with E-state index in [-0.39, 0.29) is 11.5 Å². The molecule has 0 aliphatic heterocycles. The number of aliphatic carboxylic acids is 1. The predicted molar refractivity (Wildman–Crippen MR) is 72.8 cm³/mol. The molecule has 2 heterocycles. The van der Waals surface area contributed by atoms with Crippen molar-refractivity contribution in [2.45, 2.75) is 18.9 Å². The minimum atomic E-state index is -0.972. The first-order valence-electron chi connectivity index (χ1n) is 5.77. The normalized spacial score (nSPS) is 10.5. The van der Waals surface area contributed by atoms with Crippen molar-refractivity contribution < 1.29 is 19.1 Å². The third-order valence-corrected chi connectivity index (χ3v) is 3.44. The van der Waals surface area contributed by atoms with Gasteiger partial charge in [0.25, 0.3) is 0 Å². The summed E-state index contributed by atoms with van der Waals surface area (Å²) in [6, 6.07) is 3.41. The number of aromatic nitrogens is 2. The summed E-state index contributed by atoms with van der Waals surface area (Å²) in [6.07, 6.45) is 1.50. The minimum Gasteiger partial charge on any atom is -0.481 e. The van der Waals surface area contributed by atoms with Crippen LogP contribution in [0.2, 0.25) is 0 Å². The van der Waals surface area contributed by atoms with Crippen molar-refractivity contribution in [3.05, 3.63) is 29.7 Å². The molecule has 7 heteroatoms. The Kier molecular flexibility index (Phi) is 4.19. The first-order valence-corrected chi connectivity index (χ1v) is 6.75. The highest BCUT2D eigenvalue weighted by Crippen LogP contribution is 2.26. The van der Waals surface area contributed by atoms with Crippen LogP contribution in [0.15, 0.2) is 27.8 Å². The van der Waals surface area contributed by atoms with E-state index in [1.165, 1.54) is 13.2 Å². The van der Waals surface area contributed by atoms with Gasteiger partial charge in [-0.15, -0.1) is 0 Å². The molecule has 0 fully saturated rings. The van der Waals surface area contributed by atoms with Gasteiger partial charge >= 0.3 is 5.97 Å². The number of hydrogen-bond donors (Lipinski definition) is 1. The van der Waals surface area contributed by atoms with Crippen LogP contribution in [-0.2, 0) is 4.79 Å². The molecule has 2 aromatic heterocycles. The lowest BCUT2D eigenvalue weighted by Gasteiger charge is -2.09. The average molecular weight is 292 g/mol. The topological polar surface area (TPSA) is 93.3 Å². The second-order valence-electron chi connectivity index (χ2n) is 4.03. The van der Waals surface area contributed by atoms with Crippen LogP contribution in [0, 0.1) is 6.92 Å². The molecule has 2 rings (SSSR count). The van der Waals surface area contributed by atoms with Crippen LogP contribution in [0.3, 0.4) is 0 Å². The van der Waals surface area contributed by atoms with E-state index in [1.807, 2.05) is 0 Å². The fourth-order valence-corrected chi connectivity index (χ4v) is 2.55. The zero-order chi connectivity index (χ0) is 14.7. The van der Waals surface area contributed by atoms with Crippen LogP contribution in [0.5, 0.6) is 0 Å². The Labute approximate surface area is 119 Å². The van der Waals surface area contributed by atoms with Gasteiger partial charge in [-0.2, -0.15) is 0 Å². The number of furan rings is 1. The van der Waals surface area contributed by atoms with Crippen molar-refractivity contribution in [3.63, 3.8) is 0 Å². The third-order valence-electron chi connectivity index (χ3n) is 2.48. The molecular weight excluding hydrogens is 280 g/mol. The van der Waals surface area contributed by atoms with E-state index >= 15 is 0 Å². The molecular formula is C13H12N2O4S. The number of carboxylic acid groups (broad SMARTS) is 1. The van der Waals surface area contributed by atoms with Gasteiger partial charge in [0.15, 0.2) is 17.4 Å². The van der Waals surface area contributed by atoms with Gasteiger partial charge in [-0.25, -0.2) is 9.97 Å². The number of Topliss-reactive ketones (excluding diaryl/α,β-unsaturated/α-hetero) is 1. The van der Waals surface area contributed by atoms with E-state index in [1.54, 1.807) is 19.1 Å². The Morgan fingerprint density at radius 3 is 2.70 bits per heavy atom. The summed E-state index contributed by atoms with van der Waals surface area (Å²) in [5, 5.41) is 9.12. The molecule has 0 bridgehead atoms. The van der Waals surface area contributed by atoms with Crippen LogP contribution in [0.4, 0.5) is 0 Å². The summed E-state index contributed by atoms with van der Waals surface area (Å²) in [6.45, 7) is 3.10. The Bertz CT molecular complexity index is 653. The number of ketones is 1. The van der Waals surface area contributed by atoms with Gasteiger partial charge in [0.1, 0.15) is 5.03 Å². The average Bonchev–Trinajstić information content (AvgIpc) is 2.88. The first-order chi connectivity index (χ1) is 9.49. The first kappa shape index (κ1) is 14.3. The number of carboxylic acids is 1. The predicted octanol–water partition coefficient (Wildman–Crippen LogP) is 2.42. The summed E-state index contributed by atoms with van der Waals surface area (Å²) in [5.41, 5.74) is 0.860. The van der Waals surface area contributed by atoms with E-state index in [9.17, 15) is 9.59 Å². The van der Waals surface area contributed by atoms with Crippen molar-refractivity contribution in [2.75, 3.05) is 5.75 Å². The van der Waals surface area contributed by atoms with Gasteiger partial charge in [0.2, 0.25) is 0 Å². The highest BCUT2D eigenvalue weighted by molar-refractivity contribution is 8.00. The molecule has 0 atom stereocenters. The molecule has 0 saturated carbocycles. The van der Waals surface area contributed by atoms with E-state index in [2.05, 4.69) is 9.97 Å². The zero-order valence-corrected chi connectivity index (χ0v) is 11.7. The fourth-order valence-electron chi connectivity index (χ4n) is 1.70. The van der Waals surface area contributed by atoms with Crippen molar-refractivity contribution in [2.24, 2.45) is 0 Å². The van der Waals surface area contributed by atoms with Gasteiger partial charge in [-0.05, 0) is 26.0 Å². The standard InChI is InChI=1S/C13H12N2O4S/c1-7-11(8(2)16)13(20-6-10(17)18)15-12(14-7)9-4-3-5-19-9/h3-5H,6H2,1-2H3,(H,17,18). The lowest BCUT2D eigenvalue weighted by Crippen LogP contribution is -2.08. The highest BCUT2D eigenvalue weighted by Gasteiger charge is 2.18. The molecule has 0 aliphatic rings. The quantitative estimate of drug-likeness (QED) is 0.514. The van der Waals surface area contributed by atoms with Crippen molar-refractivity contribution >= 4 is 23.5 Å². The number of hydrogen-bond acceptors (Lipinski definition) is 6. The largest absolute Gasteiger partial charge is 0.481 e. The second-order valence-corrected chi connectivity index (χ2v) is 4.99. The molecule has 0 aliphatic carbocycles. The van der Waals surface area contributed by atoms with Gasteiger partial charge in [-0.3, -0.25) is 9.59 Å². The molecule has 104 valence electrons. The molecule has 6 nitrogen and oxygen atoms in total. The molecule has 1 N–H and O–H groups in total. The van der Waals surface area contributed by atoms with Crippen LogP contribution in [-0.4, -0.2) is 32.6 Å². The summed E-state index contributed by atoms with van der Waals surface area (Å²) < 4.78 is 5.22. The SMILES string of the molecule is CC(=O)c1c(C)nc(-c2ccco2)nc1SCC(=O)O. The molecule has 0 unspecified atom stereocenters. The van der Waals surface area contributed by atoms with Gasteiger partial charge in [0.05, 0.1) is 23.3 Å². The summed E-state index contributed by atoms with van der Waals surface area (Å²) in [7, 11) is 0. The number of aryl methyl sites for hydroxylation is 1. The Morgan fingerprint density at radius 1 is 1.40 bits per heavy atom. The third kappa shape index (κ3) is 3.05. The van der Waals surface area contributed by atoms with Crippen molar-refractivity contribution in [1.29, 1.82) is 0 Å². The zero-order valence-electron chi connectivity index (χ0n) is 10.9. The summed E-state index contributed by atoms with van der Waals surface area (Å²) in [5.74, 6) is -0.526. The highest BCUT2D eigenvalue weighted by atomic mass is 32.2. The Morgan fingerprint density at radius 2 is 2.15 bits per heavy atom. The maximum absolute atomic E-state index is 11.7. The smallest absolute Gasteiger partial charge is 0.313 e. The summed E-state index contributed by atoms with van der Waals surface area (Å²) >= 11 is 0.996. The molecule has 0 spiro atoms. The number of carbonyl (C=O) groups is 2. The maximum Gasteiger partial charge on any atom is 0.313 e. The van der Waals surface area contributed by atoms with Crippen LogP contribution < -0.4 is 0 Å². The maximum atomic E-state index is 11.7. The molecule has 0 amide bonds. The van der Waals surface area contributed by atoms with Crippen LogP contribution >= 0.6 is 11.8 Å². The molecule has 2 aromatic rings. The number of rotatable bonds is 5. The molecule has 0 radical (unpaired) electrons. The van der Waals surface area contributed by atoms with Gasteiger partial charge in [-0.1, -0.05) is 11.8 Å². The van der Waals surface area contributed by atoms with E-state index in [4.69, 9.17) is 9.52 Å². The minimum absolute atomic E-state index is 0.172. The van der Waals surface area contributed by atoms with E-state index < -0.39 is 5.97 Å². The van der Waals surface area contributed by atoms with E-state index in [0.29, 0.717) is 27.9 Å². The van der Waals surface area contributed by atoms with Crippen molar-refractivity contribution in [3.8, 4) is 11.6 Å². The van der Waals surface area contributed by atoms with E-state index in [0.717, 1.165) is 11.8 Å². The lowest BCUT2D eigenvalue weighted by atomic mass is 10.2. The second kappa shape index (κ2) is 5.87. The molecule has 0 saturated heterocycles. The van der Waals surface area contributed by atoms with Gasteiger partial charge < -0.3 is 9.52 Å². The Balaban J connectivity index is 2.49. The molecule has 0 aromatic carbocycles. The Hall–Kier alpha value is -2.15. The number of nitrogens with zero attached hydrogens (tertiary/aromatic N) is 2. The lowest BCUT2D eigenvalue weighted by molar-refractivity contribution is -0.133. The fraction of sp³-hybridized carbons (Fsp3) is 0.231. The van der Waals surface area contributed by atoms with Crippen LogP contribution in [0.1, 0.15) is 23.0 Å².